The van der Waals surface area contributed by atoms with Gasteiger partial charge in [0.25, 0.3) is 0 Å². The molecule has 4 heterocycles. The van der Waals surface area contributed by atoms with Crippen LogP contribution in [-0.2, 0) is 44.8 Å². The fourth-order valence-electron chi connectivity index (χ4n) is 2.81. The SMILES string of the molecule is C/C(=N\N=C(/C)c1ccccn1)c1ccccn1.C/C(=N\N=C(/C)c1ccccn1)c1ccccn1.O=[N+]([O-])[O-].O=[N+]([O-])[O-].[Ag+].[Ag+]. The molecule has 0 aliphatic rings. The second-order valence-electron chi connectivity index (χ2n) is 8.05. The molecule has 18 heteroatoms. The van der Waals surface area contributed by atoms with Gasteiger partial charge in [-0.05, 0) is 76.2 Å². The van der Waals surface area contributed by atoms with E-state index in [1.54, 1.807) is 24.8 Å². The molecular formula is C28H28Ag2N10O6. The molecule has 248 valence electrons. The van der Waals surface area contributed by atoms with E-state index < -0.39 is 10.2 Å². The van der Waals surface area contributed by atoms with Crippen molar-refractivity contribution in [3.8, 4) is 0 Å². The van der Waals surface area contributed by atoms with Gasteiger partial charge in [-0.25, -0.2) is 0 Å². The van der Waals surface area contributed by atoms with Crippen LogP contribution >= 0.6 is 0 Å². The third kappa shape index (κ3) is 20.2. The first kappa shape index (κ1) is 43.3. The maximum Gasteiger partial charge on any atom is 1.00 e. The van der Waals surface area contributed by atoms with E-state index >= 15 is 0 Å². The van der Waals surface area contributed by atoms with E-state index in [2.05, 4.69) is 40.3 Å². The number of aromatic nitrogens is 4. The molecule has 0 fully saturated rings. The van der Waals surface area contributed by atoms with Crippen molar-refractivity contribution >= 4 is 22.8 Å². The normalized spacial score (nSPS) is 10.9. The zero-order chi connectivity index (χ0) is 32.7. The number of hydrogen-bond donors (Lipinski definition) is 0. The quantitative estimate of drug-likeness (QED) is 0.110. The largest absolute Gasteiger partial charge is 1.00 e. The monoisotopic (exact) mass is 814 g/mol. The minimum absolute atomic E-state index is 0. The van der Waals surface area contributed by atoms with Gasteiger partial charge in [0.1, 0.15) is 0 Å². The van der Waals surface area contributed by atoms with Gasteiger partial charge in [0.05, 0.1) is 55.8 Å². The molecule has 0 radical (unpaired) electrons. The maximum absolute atomic E-state index is 8.25. The molecule has 4 aromatic heterocycles. The Morgan fingerprint density at radius 1 is 0.457 bits per heavy atom. The minimum Gasteiger partial charge on any atom is -0.356 e. The summed E-state index contributed by atoms with van der Waals surface area (Å²) in [7, 11) is 0. The molecule has 0 amide bonds. The molecule has 4 rings (SSSR count). The summed E-state index contributed by atoms with van der Waals surface area (Å²) in [6, 6.07) is 22.8. The number of rotatable bonds is 6. The molecular weight excluding hydrogens is 788 g/mol. The fraction of sp³-hybridized carbons (Fsp3) is 0.143. The van der Waals surface area contributed by atoms with Gasteiger partial charge in [-0.15, -0.1) is 0 Å². The average molecular weight is 816 g/mol. The van der Waals surface area contributed by atoms with Crippen LogP contribution in [0.15, 0.2) is 118 Å². The van der Waals surface area contributed by atoms with Gasteiger partial charge in [-0.1, -0.05) is 24.3 Å². The maximum atomic E-state index is 8.25. The van der Waals surface area contributed by atoms with Crippen LogP contribution in [0.2, 0.25) is 0 Å². The molecule has 0 bridgehead atoms. The van der Waals surface area contributed by atoms with Crippen molar-refractivity contribution in [3.05, 3.63) is 151 Å². The van der Waals surface area contributed by atoms with Crippen molar-refractivity contribution in [2.45, 2.75) is 27.7 Å². The summed E-state index contributed by atoms with van der Waals surface area (Å²) >= 11 is 0. The summed E-state index contributed by atoms with van der Waals surface area (Å²) < 4.78 is 0. The molecule has 0 spiro atoms. The van der Waals surface area contributed by atoms with Gasteiger partial charge in [-0.3, -0.25) is 19.9 Å². The van der Waals surface area contributed by atoms with E-state index in [1.807, 2.05) is 100 Å². The van der Waals surface area contributed by atoms with E-state index in [0.717, 1.165) is 45.6 Å². The summed E-state index contributed by atoms with van der Waals surface area (Å²) in [5.74, 6) is 0. The van der Waals surface area contributed by atoms with E-state index in [-0.39, 0.29) is 44.8 Å². The standard InChI is InChI=1S/2C14H14N4.2Ag.2NO3/c2*1-11(13-7-3-5-9-15-13)17-18-12(2)14-8-4-6-10-16-14;;;2*2-1(3)4/h2*3-10H,1-2H3;;;;/q;;2*+1;2*-1/b2*17-11+,18-12+;;;;. The van der Waals surface area contributed by atoms with Crippen LogP contribution in [0.5, 0.6) is 0 Å². The third-order valence-electron chi connectivity index (χ3n) is 4.84. The molecule has 0 aliphatic heterocycles. The molecule has 4 aromatic rings. The van der Waals surface area contributed by atoms with E-state index in [0.29, 0.717) is 0 Å². The Hall–Kier alpha value is -4.84. The molecule has 0 unspecified atom stereocenters. The average Bonchev–Trinajstić information content (AvgIpc) is 3.03. The van der Waals surface area contributed by atoms with Crippen LogP contribution in [0.3, 0.4) is 0 Å². The van der Waals surface area contributed by atoms with Crippen molar-refractivity contribution in [2.24, 2.45) is 20.4 Å². The molecule has 46 heavy (non-hydrogen) atoms. The third-order valence-corrected chi connectivity index (χ3v) is 4.84. The van der Waals surface area contributed by atoms with Crippen LogP contribution < -0.4 is 0 Å². The van der Waals surface area contributed by atoms with Crippen molar-refractivity contribution in [1.29, 1.82) is 0 Å². The fourth-order valence-corrected chi connectivity index (χ4v) is 2.81. The van der Waals surface area contributed by atoms with Gasteiger partial charge in [0, 0.05) is 24.8 Å². The molecule has 0 N–H and O–H groups in total. The molecule has 0 aliphatic carbocycles. The van der Waals surface area contributed by atoms with Crippen LogP contribution in [0.25, 0.3) is 0 Å². The Morgan fingerprint density at radius 3 is 0.761 bits per heavy atom. The van der Waals surface area contributed by atoms with Crippen LogP contribution in [0.4, 0.5) is 0 Å². The first-order chi connectivity index (χ1) is 21.0. The number of hydrogen-bond acceptors (Lipinski definition) is 14. The topological polar surface area (TPSA) is 233 Å². The predicted molar refractivity (Wildman–Crippen MR) is 167 cm³/mol. The Balaban J connectivity index is 0. The molecule has 0 saturated heterocycles. The van der Waals surface area contributed by atoms with Gasteiger partial charge in [-0.2, -0.15) is 20.4 Å². The smallest absolute Gasteiger partial charge is 0.356 e. The van der Waals surface area contributed by atoms with Crippen LogP contribution in [-0.4, -0.2) is 53.0 Å². The van der Waals surface area contributed by atoms with Crippen molar-refractivity contribution in [2.75, 3.05) is 0 Å². The second-order valence-corrected chi connectivity index (χ2v) is 8.05. The summed E-state index contributed by atoms with van der Waals surface area (Å²) in [6.07, 6.45) is 6.96. The summed E-state index contributed by atoms with van der Waals surface area (Å²) in [5.41, 5.74) is 6.45. The number of pyridine rings is 4. The van der Waals surface area contributed by atoms with Crippen molar-refractivity contribution < 1.29 is 54.9 Å². The molecule has 16 nitrogen and oxygen atoms in total. The first-order valence-corrected chi connectivity index (χ1v) is 12.5. The van der Waals surface area contributed by atoms with Gasteiger partial charge >= 0.3 is 44.8 Å². The predicted octanol–water partition coefficient (Wildman–Crippen LogP) is 4.94. The Bertz CT molecular complexity index is 1330. The first-order valence-electron chi connectivity index (χ1n) is 12.5. The second kappa shape index (κ2) is 25.5. The Kier molecular flexibility index (Phi) is 24.0. The van der Waals surface area contributed by atoms with Gasteiger partial charge in [0.2, 0.25) is 0 Å². The molecule has 0 saturated carbocycles. The van der Waals surface area contributed by atoms with Gasteiger partial charge in [0.15, 0.2) is 0 Å². The van der Waals surface area contributed by atoms with E-state index in [4.69, 9.17) is 30.6 Å². The Morgan fingerprint density at radius 2 is 0.630 bits per heavy atom. The van der Waals surface area contributed by atoms with E-state index in [1.165, 1.54) is 0 Å². The molecule has 0 atom stereocenters. The number of nitrogens with zero attached hydrogens (tertiary/aromatic N) is 10. The summed E-state index contributed by atoms with van der Waals surface area (Å²) in [4.78, 5) is 33.4. The zero-order valence-corrected chi connectivity index (χ0v) is 27.7. The van der Waals surface area contributed by atoms with Gasteiger partial charge < -0.3 is 30.6 Å². The van der Waals surface area contributed by atoms with Crippen LogP contribution in [0.1, 0.15) is 50.5 Å². The Labute approximate surface area is 295 Å². The minimum atomic E-state index is -1.75. The molecule has 0 aromatic carbocycles. The van der Waals surface area contributed by atoms with Crippen molar-refractivity contribution in [1.82, 2.24) is 19.9 Å². The summed E-state index contributed by atoms with van der Waals surface area (Å²) in [5, 5.41) is 46.2. The van der Waals surface area contributed by atoms with Crippen LogP contribution in [0, 0.1) is 30.6 Å². The zero-order valence-electron chi connectivity index (χ0n) is 24.8. The van der Waals surface area contributed by atoms with Crippen molar-refractivity contribution in [3.63, 3.8) is 0 Å². The van der Waals surface area contributed by atoms with E-state index in [9.17, 15) is 0 Å². The summed E-state index contributed by atoms with van der Waals surface area (Å²) in [6.45, 7) is 7.55.